The van der Waals surface area contributed by atoms with E-state index in [2.05, 4.69) is 49.4 Å². The number of thiocarbonyl (C=S) groups is 1. The van der Waals surface area contributed by atoms with Crippen LogP contribution in [0.3, 0.4) is 0 Å². The van der Waals surface area contributed by atoms with E-state index in [9.17, 15) is 0 Å². The largest absolute Gasteiger partial charge is 0.445 e. The van der Waals surface area contributed by atoms with Gasteiger partial charge < -0.3 is 15.1 Å². The first-order valence-corrected chi connectivity index (χ1v) is 8.75. The number of rotatable bonds is 5. The maximum absolute atomic E-state index is 5.91. The molecule has 0 atom stereocenters. The Kier molecular flexibility index (Phi) is 5.99. The van der Waals surface area contributed by atoms with E-state index in [1.807, 2.05) is 25.1 Å². The lowest BCUT2D eigenvalue weighted by atomic mass is 9.97. The lowest BCUT2D eigenvalue weighted by Gasteiger charge is -2.12. The zero-order chi connectivity index (χ0) is 17.7. The molecule has 2 aromatic rings. The van der Waals surface area contributed by atoms with Crippen molar-refractivity contribution < 1.29 is 4.42 Å². The van der Waals surface area contributed by atoms with Gasteiger partial charge in [-0.05, 0) is 44.1 Å². The summed E-state index contributed by atoms with van der Waals surface area (Å²) in [7, 11) is 0. The second kappa shape index (κ2) is 7.79. The summed E-state index contributed by atoms with van der Waals surface area (Å²) < 4.78 is 5.91. The molecule has 0 radical (unpaired) electrons. The lowest BCUT2D eigenvalue weighted by Crippen LogP contribution is -2.29. The van der Waals surface area contributed by atoms with Crippen molar-refractivity contribution in [1.82, 2.24) is 10.3 Å². The van der Waals surface area contributed by atoms with Crippen molar-refractivity contribution in [2.75, 3.05) is 11.9 Å². The monoisotopic (exact) mass is 345 g/mol. The molecule has 130 valence electrons. The number of nitrogens with zero attached hydrogens (tertiary/aromatic N) is 1. The third-order valence-electron chi connectivity index (χ3n) is 3.79. The number of aromatic nitrogens is 1. The molecular weight excluding hydrogens is 318 g/mol. The Morgan fingerprint density at radius 2 is 1.92 bits per heavy atom. The third-order valence-corrected chi connectivity index (χ3v) is 4.04. The van der Waals surface area contributed by atoms with E-state index in [0.29, 0.717) is 5.11 Å². The van der Waals surface area contributed by atoms with Crippen LogP contribution >= 0.6 is 12.2 Å². The molecule has 2 N–H and O–H groups in total. The fourth-order valence-electron chi connectivity index (χ4n) is 2.31. The molecule has 2 rings (SSSR count). The molecule has 1 heterocycles. The predicted octanol–water partition coefficient (Wildman–Crippen LogP) is 4.51. The molecule has 24 heavy (non-hydrogen) atoms. The van der Waals surface area contributed by atoms with E-state index in [0.717, 1.165) is 42.4 Å². The maximum Gasteiger partial charge on any atom is 0.199 e. The van der Waals surface area contributed by atoms with E-state index in [1.165, 1.54) is 5.56 Å². The molecule has 0 aliphatic carbocycles. The van der Waals surface area contributed by atoms with E-state index < -0.39 is 0 Å². The van der Waals surface area contributed by atoms with Crippen LogP contribution in [-0.4, -0.2) is 16.6 Å². The number of aryl methyl sites for hydroxylation is 3. The zero-order valence-electron chi connectivity index (χ0n) is 15.2. The van der Waals surface area contributed by atoms with Gasteiger partial charge in [0.25, 0.3) is 0 Å². The molecule has 0 bridgehead atoms. The van der Waals surface area contributed by atoms with E-state index >= 15 is 0 Å². The summed E-state index contributed by atoms with van der Waals surface area (Å²) in [5.74, 6) is 1.78. The first-order chi connectivity index (χ1) is 11.3. The molecular formula is C19H27N3OS. The molecule has 0 unspecified atom stereocenters. The number of nitrogens with one attached hydrogen (secondary N) is 2. The Hall–Kier alpha value is -1.88. The van der Waals surface area contributed by atoms with Gasteiger partial charge in [0.15, 0.2) is 11.0 Å². The van der Waals surface area contributed by atoms with Crippen LogP contribution in [0, 0.1) is 13.8 Å². The Morgan fingerprint density at radius 1 is 1.21 bits per heavy atom. The topological polar surface area (TPSA) is 50.1 Å². The molecule has 0 saturated carbocycles. The van der Waals surface area contributed by atoms with Gasteiger partial charge in [-0.15, -0.1) is 0 Å². The van der Waals surface area contributed by atoms with Crippen molar-refractivity contribution in [2.45, 2.75) is 52.9 Å². The summed E-state index contributed by atoms with van der Waals surface area (Å²) in [6.45, 7) is 11.2. The SMILES string of the molecule is Cc1ccccc1NC(=S)NCCCc1oc(C(C)(C)C)nc1C. The van der Waals surface area contributed by atoms with Crippen LogP contribution < -0.4 is 10.6 Å². The van der Waals surface area contributed by atoms with Gasteiger partial charge in [-0.1, -0.05) is 39.0 Å². The van der Waals surface area contributed by atoms with Gasteiger partial charge in [0, 0.05) is 24.1 Å². The number of hydrogen-bond acceptors (Lipinski definition) is 3. The quantitative estimate of drug-likeness (QED) is 0.617. The fourth-order valence-corrected chi connectivity index (χ4v) is 2.52. The molecule has 1 aromatic heterocycles. The van der Waals surface area contributed by atoms with Crippen LogP contribution in [0.2, 0.25) is 0 Å². The van der Waals surface area contributed by atoms with E-state index in [1.54, 1.807) is 0 Å². The fraction of sp³-hybridized carbons (Fsp3) is 0.474. The highest BCUT2D eigenvalue weighted by Crippen LogP contribution is 2.24. The molecule has 0 amide bonds. The van der Waals surface area contributed by atoms with Crippen LogP contribution in [0.4, 0.5) is 5.69 Å². The summed E-state index contributed by atoms with van der Waals surface area (Å²) in [6, 6.07) is 8.10. The third kappa shape index (κ3) is 5.06. The van der Waals surface area contributed by atoms with Gasteiger partial charge in [0.2, 0.25) is 0 Å². The van der Waals surface area contributed by atoms with Crippen LogP contribution in [0.25, 0.3) is 0 Å². The second-order valence-electron chi connectivity index (χ2n) is 7.08. The number of anilines is 1. The normalized spacial score (nSPS) is 11.4. The van der Waals surface area contributed by atoms with Gasteiger partial charge in [0.05, 0.1) is 5.69 Å². The summed E-state index contributed by atoms with van der Waals surface area (Å²) >= 11 is 5.35. The minimum atomic E-state index is -0.0553. The standard InChI is InChI=1S/C19H27N3OS/c1-13-9-6-7-10-15(13)22-18(24)20-12-8-11-16-14(2)21-17(23-16)19(3,4)5/h6-7,9-10H,8,11-12H2,1-5H3,(H2,20,22,24). The van der Waals surface area contributed by atoms with Crippen LogP contribution in [0.1, 0.15) is 50.1 Å². The van der Waals surface area contributed by atoms with Crippen molar-refractivity contribution >= 4 is 23.0 Å². The molecule has 5 heteroatoms. The number of para-hydroxylation sites is 1. The predicted molar refractivity (Wildman–Crippen MR) is 104 cm³/mol. The van der Waals surface area contributed by atoms with Crippen molar-refractivity contribution in [3.8, 4) is 0 Å². The van der Waals surface area contributed by atoms with Crippen molar-refractivity contribution in [3.63, 3.8) is 0 Å². The van der Waals surface area contributed by atoms with Crippen LogP contribution in [0.15, 0.2) is 28.7 Å². The summed E-state index contributed by atoms with van der Waals surface area (Å²) in [5, 5.41) is 7.12. The van der Waals surface area contributed by atoms with Gasteiger partial charge in [-0.25, -0.2) is 4.98 Å². The highest BCUT2D eigenvalue weighted by molar-refractivity contribution is 7.80. The first-order valence-electron chi connectivity index (χ1n) is 8.34. The zero-order valence-corrected chi connectivity index (χ0v) is 16.0. The number of hydrogen-bond donors (Lipinski definition) is 2. The summed E-state index contributed by atoms with van der Waals surface area (Å²) in [4.78, 5) is 4.54. The van der Waals surface area contributed by atoms with E-state index in [4.69, 9.17) is 16.6 Å². The van der Waals surface area contributed by atoms with Crippen LogP contribution in [-0.2, 0) is 11.8 Å². The van der Waals surface area contributed by atoms with Crippen molar-refractivity contribution in [3.05, 3.63) is 47.2 Å². The highest BCUT2D eigenvalue weighted by Gasteiger charge is 2.21. The number of benzene rings is 1. The van der Waals surface area contributed by atoms with E-state index in [-0.39, 0.29) is 5.41 Å². The number of oxazole rings is 1. The Bertz CT molecular complexity index is 701. The Balaban J connectivity index is 1.78. The van der Waals surface area contributed by atoms with Gasteiger partial charge in [-0.3, -0.25) is 0 Å². The van der Waals surface area contributed by atoms with Gasteiger partial charge in [-0.2, -0.15) is 0 Å². The molecule has 0 aliphatic rings. The average molecular weight is 346 g/mol. The lowest BCUT2D eigenvalue weighted by molar-refractivity contribution is 0.370. The Morgan fingerprint density at radius 3 is 2.54 bits per heavy atom. The summed E-state index contributed by atoms with van der Waals surface area (Å²) in [6.07, 6.45) is 1.80. The average Bonchev–Trinajstić information content (AvgIpc) is 2.87. The van der Waals surface area contributed by atoms with Gasteiger partial charge in [0.1, 0.15) is 5.76 Å². The molecule has 0 fully saturated rings. The first kappa shape index (κ1) is 18.5. The van der Waals surface area contributed by atoms with Crippen molar-refractivity contribution in [2.24, 2.45) is 0 Å². The second-order valence-corrected chi connectivity index (χ2v) is 7.49. The minimum absolute atomic E-state index is 0.0553. The Labute approximate surface area is 150 Å². The molecule has 4 nitrogen and oxygen atoms in total. The minimum Gasteiger partial charge on any atom is -0.445 e. The molecule has 0 aliphatic heterocycles. The molecule has 0 spiro atoms. The van der Waals surface area contributed by atoms with Gasteiger partial charge >= 0.3 is 0 Å². The molecule has 0 saturated heterocycles. The maximum atomic E-state index is 5.91. The van der Waals surface area contributed by atoms with Crippen LogP contribution in [0.5, 0.6) is 0 Å². The smallest absolute Gasteiger partial charge is 0.199 e. The van der Waals surface area contributed by atoms with Crippen molar-refractivity contribution in [1.29, 1.82) is 0 Å². The molecule has 1 aromatic carbocycles. The highest BCUT2D eigenvalue weighted by atomic mass is 32.1. The summed E-state index contributed by atoms with van der Waals surface area (Å²) in [5.41, 5.74) is 3.14.